The molecule has 1 amide bonds. The summed E-state index contributed by atoms with van der Waals surface area (Å²) in [5.74, 6) is -0.0771. The topological polar surface area (TPSA) is 104 Å². The van der Waals surface area contributed by atoms with Crippen molar-refractivity contribution in [3.05, 3.63) is 99.9 Å². The Morgan fingerprint density at radius 2 is 1.87 bits per heavy atom. The fourth-order valence-corrected chi connectivity index (χ4v) is 4.08. The first-order valence-corrected chi connectivity index (χ1v) is 9.99. The van der Waals surface area contributed by atoms with Crippen molar-refractivity contribution in [3.8, 4) is 0 Å². The molecule has 7 heteroatoms. The molecule has 2 aromatic carbocycles. The number of aromatic nitrogens is 3. The van der Waals surface area contributed by atoms with Gasteiger partial charge >= 0.3 is 0 Å². The summed E-state index contributed by atoms with van der Waals surface area (Å²) in [6, 6.07) is 18.1. The number of carbonyl (C=O) groups excluding carboxylic acids is 1. The van der Waals surface area contributed by atoms with Gasteiger partial charge in [0.1, 0.15) is 11.1 Å². The molecular formula is C24H20N4O3. The monoisotopic (exact) mass is 412 g/mol. The number of rotatable bonds is 5. The lowest BCUT2D eigenvalue weighted by Crippen LogP contribution is -2.30. The number of aryl methyl sites for hydroxylation is 1. The minimum Gasteiger partial charge on any atom is -0.442 e. The van der Waals surface area contributed by atoms with Gasteiger partial charge in [0.25, 0.3) is 11.5 Å². The highest BCUT2D eigenvalue weighted by molar-refractivity contribution is 6.06. The van der Waals surface area contributed by atoms with Crippen LogP contribution < -0.4 is 10.9 Å². The number of aromatic amines is 2. The minimum absolute atomic E-state index is 0.0730. The van der Waals surface area contributed by atoms with Gasteiger partial charge in [-0.3, -0.25) is 9.59 Å². The van der Waals surface area contributed by atoms with Crippen LogP contribution in [0.1, 0.15) is 33.2 Å². The van der Waals surface area contributed by atoms with E-state index in [0.29, 0.717) is 12.3 Å². The maximum absolute atomic E-state index is 13.1. The van der Waals surface area contributed by atoms with Crippen LogP contribution in [0.15, 0.2) is 76.3 Å². The van der Waals surface area contributed by atoms with Crippen molar-refractivity contribution >= 4 is 27.9 Å². The van der Waals surface area contributed by atoms with Crippen molar-refractivity contribution in [2.45, 2.75) is 12.8 Å². The van der Waals surface area contributed by atoms with Crippen LogP contribution in [0, 0.1) is 6.92 Å². The molecule has 0 aliphatic carbocycles. The number of hydrogen-bond acceptors (Lipinski definition) is 4. The summed E-state index contributed by atoms with van der Waals surface area (Å²) in [6.07, 6.45) is 3.25. The van der Waals surface area contributed by atoms with E-state index >= 15 is 0 Å². The molecule has 1 atom stereocenters. The number of para-hydroxylation sites is 1. The predicted octanol–water partition coefficient (Wildman–Crippen LogP) is 3.87. The maximum Gasteiger partial charge on any atom is 0.262 e. The van der Waals surface area contributed by atoms with Crippen LogP contribution >= 0.6 is 0 Å². The molecule has 5 rings (SSSR count). The Hall–Kier alpha value is -4.13. The molecule has 3 aromatic heterocycles. The van der Waals surface area contributed by atoms with E-state index < -0.39 is 5.56 Å². The summed E-state index contributed by atoms with van der Waals surface area (Å²) in [5.41, 5.74) is 3.19. The van der Waals surface area contributed by atoms with Gasteiger partial charge in [0.2, 0.25) is 5.71 Å². The van der Waals surface area contributed by atoms with E-state index in [1.165, 1.54) is 6.33 Å². The zero-order valence-corrected chi connectivity index (χ0v) is 16.8. The lowest BCUT2D eigenvalue weighted by atomic mass is 9.91. The van der Waals surface area contributed by atoms with Crippen LogP contribution in [0.5, 0.6) is 0 Å². The molecule has 0 spiro atoms. The molecule has 0 saturated heterocycles. The maximum atomic E-state index is 13.1. The summed E-state index contributed by atoms with van der Waals surface area (Å²) < 4.78 is 5.53. The van der Waals surface area contributed by atoms with E-state index in [1.807, 2.05) is 54.7 Å². The van der Waals surface area contributed by atoms with Gasteiger partial charge in [-0.25, -0.2) is 4.98 Å². The third kappa shape index (κ3) is 3.30. The molecule has 3 heterocycles. The van der Waals surface area contributed by atoms with E-state index in [2.05, 4.69) is 26.3 Å². The van der Waals surface area contributed by atoms with E-state index in [0.717, 1.165) is 22.0 Å². The average molecular weight is 412 g/mol. The quantitative estimate of drug-likeness (QED) is 0.408. The lowest BCUT2D eigenvalue weighted by Gasteiger charge is -2.18. The molecule has 154 valence electrons. The first kappa shape index (κ1) is 18.9. The highest BCUT2D eigenvalue weighted by Crippen LogP contribution is 2.30. The number of nitrogens with one attached hydrogen (secondary N) is 3. The van der Waals surface area contributed by atoms with Crippen molar-refractivity contribution < 1.29 is 9.21 Å². The second-order valence-corrected chi connectivity index (χ2v) is 7.41. The van der Waals surface area contributed by atoms with Crippen LogP contribution in [-0.2, 0) is 0 Å². The molecule has 31 heavy (non-hydrogen) atoms. The van der Waals surface area contributed by atoms with Crippen LogP contribution in [0.25, 0.3) is 22.0 Å². The molecule has 0 bridgehead atoms. The van der Waals surface area contributed by atoms with Gasteiger partial charge in [0.05, 0.1) is 11.9 Å². The van der Waals surface area contributed by atoms with E-state index in [1.54, 1.807) is 6.92 Å². The Labute approximate surface area is 177 Å². The minimum atomic E-state index is -0.400. The fourth-order valence-electron chi connectivity index (χ4n) is 4.08. The predicted molar refractivity (Wildman–Crippen MR) is 118 cm³/mol. The molecule has 0 saturated carbocycles. The van der Waals surface area contributed by atoms with Gasteiger partial charge in [-0.15, -0.1) is 0 Å². The summed E-state index contributed by atoms with van der Waals surface area (Å²) in [7, 11) is 0. The smallest absolute Gasteiger partial charge is 0.262 e. The Balaban J connectivity index is 1.51. The second-order valence-electron chi connectivity index (χ2n) is 7.41. The molecule has 0 fully saturated rings. The van der Waals surface area contributed by atoms with Crippen LogP contribution in [0.4, 0.5) is 0 Å². The van der Waals surface area contributed by atoms with Crippen molar-refractivity contribution in [1.82, 2.24) is 20.3 Å². The van der Waals surface area contributed by atoms with Gasteiger partial charge in [0.15, 0.2) is 0 Å². The van der Waals surface area contributed by atoms with Crippen molar-refractivity contribution in [2.75, 3.05) is 6.54 Å². The summed E-state index contributed by atoms with van der Waals surface area (Å²) in [4.78, 5) is 35.2. The average Bonchev–Trinajstić information content (AvgIpc) is 3.36. The molecule has 3 N–H and O–H groups in total. The second kappa shape index (κ2) is 7.60. The molecule has 0 radical (unpaired) electrons. The Kier molecular flexibility index (Phi) is 4.63. The normalized spacial score (nSPS) is 12.3. The number of carbonyl (C=O) groups is 1. The Morgan fingerprint density at radius 3 is 2.71 bits per heavy atom. The number of amides is 1. The van der Waals surface area contributed by atoms with E-state index in [9.17, 15) is 9.59 Å². The number of furan rings is 1. The molecule has 0 aliphatic heterocycles. The number of benzene rings is 2. The third-order valence-electron chi connectivity index (χ3n) is 5.56. The van der Waals surface area contributed by atoms with E-state index in [4.69, 9.17) is 4.42 Å². The standard InChI is InChI=1S/C24H20N4O3/c1-14-20(21-23(30)27-13-28-24(21)31-14)22(29)26-11-17(15-7-3-2-4-8-15)18-12-25-19-10-6-5-9-16(18)19/h2-10,12-13,17,25H,11H2,1H3,(H,26,29)(H,27,28,30)/t17-/m0/s1. The Bertz CT molecular complexity index is 1450. The first-order chi connectivity index (χ1) is 15.1. The van der Waals surface area contributed by atoms with Gasteiger partial charge in [-0.05, 0) is 24.1 Å². The van der Waals surface area contributed by atoms with Crippen LogP contribution in [0.3, 0.4) is 0 Å². The zero-order valence-electron chi connectivity index (χ0n) is 16.8. The summed E-state index contributed by atoms with van der Waals surface area (Å²) in [5, 5.41) is 4.28. The Morgan fingerprint density at radius 1 is 1.10 bits per heavy atom. The van der Waals surface area contributed by atoms with Crippen LogP contribution in [-0.4, -0.2) is 27.4 Å². The first-order valence-electron chi connectivity index (χ1n) is 9.99. The highest BCUT2D eigenvalue weighted by Gasteiger charge is 2.24. The number of hydrogen-bond donors (Lipinski definition) is 3. The molecule has 0 unspecified atom stereocenters. The van der Waals surface area contributed by atoms with Crippen molar-refractivity contribution in [3.63, 3.8) is 0 Å². The van der Waals surface area contributed by atoms with Gasteiger partial charge in [-0.1, -0.05) is 48.5 Å². The molecule has 5 aromatic rings. The van der Waals surface area contributed by atoms with Gasteiger partial charge in [0, 0.05) is 29.6 Å². The summed E-state index contributed by atoms with van der Waals surface area (Å²) >= 11 is 0. The van der Waals surface area contributed by atoms with Crippen LogP contribution in [0.2, 0.25) is 0 Å². The van der Waals surface area contributed by atoms with Gasteiger partial charge in [-0.2, -0.15) is 0 Å². The SMILES string of the molecule is Cc1oc2nc[nH]c(=O)c2c1C(=O)NC[C@@H](c1ccccc1)c1c[nH]c2ccccc12. The van der Waals surface area contributed by atoms with Crippen molar-refractivity contribution in [2.24, 2.45) is 0 Å². The van der Waals surface area contributed by atoms with E-state index in [-0.39, 0.29) is 28.5 Å². The third-order valence-corrected chi connectivity index (χ3v) is 5.56. The van der Waals surface area contributed by atoms with Gasteiger partial charge < -0.3 is 19.7 Å². The largest absolute Gasteiger partial charge is 0.442 e. The highest BCUT2D eigenvalue weighted by atomic mass is 16.3. The number of fused-ring (bicyclic) bond motifs is 2. The summed E-state index contributed by atoms with van der Waals surface area (Å²) in [6.45, 7) is 2.01. The zero-order chi connectivity index (χ0) is 21.4. The molecule has 7 nitrogen and oxygen atoms in total. The number of nitrogens with zero attached hydrogens (tertiary/aromatic N) is 1. The molecule has 0 aliphatic rings. The number of H-pyrrole nitrogens is 2. The fraction of sp³-hybridized carbons (Fsp3) is 0.125. The van der Waals surface area contributed by atoms with Crippen molar-refractivity contribution in [1.29, 1.82) is 0 Å². The molecular weight excluding hydrogens is 392 g/mol. The lowest BCUT2D eigenvalue weighted by molar-refractivity contribution is 0.0952.